The van der Waals surface area contributed by atoms with Crippen LogP contribution < -0.4 is 5.32 Å². The zero-order chi connectivity index (χ0) is 18.6. The second-order valence-corrected chi connectivity index (χ2v) is 5.67. The zero-order valence-electron chi connectivity index (χ0n) is 14.0. The van der Waals surface area contributed by atoms with E-state index in [1.807, 2.05) is 30.3 Å². The molecule has 2 heterocycles. The summed E-state index contributed by atoms with van der Waals surface area (Å²) in [5.41, 5.74) is 1.55. The van der Waals surface area contributed by atoms with Gasteiger partial charge in [0, 0.05) is 11.6 Å². The SMILES string of the molecule is O=C(Nc1cnc(-c2ccccc2)nc1)c1cc(-c2ccccc2F)on1. The minimum Gasteiger partial charge on any atom is -0.355 e. The van der Waals surface area contributed by atoms with Crippen molar-refractivity contribution >= 4 is 11.6 Å². The molecule has 0 bridgehead atoms. The summed E-state index contributed by atoms with van der Waals surface area (Å²) in [4.78, 5) is 20.8. The third-order valence-electron chi connectivity index (χ3n) is 3.82. The third-order valence-corrected chi connectivity index (χ3v) is 3.82. The summed E-state index contributed by atoms with van der Waals surface area (Å²) >= 11 is 0. The lowest BCUT2D eigenvalue weighted by Gasteiger charge is -2.03. The summed E-state index contributed by atoms with van der Waals surface area (Å²) in [6, 6.07) is 17.0. The highest BCUT2D eigenvalue weighted by atomic mass is 19.1. The molecule has 0 aliphatic rings. The molecule has 0 atom stereocenters. The first-order chi connectivity index (χ1) is 13.2. The highest BCUT2D eigenvalue weighted by Crippen LogP contribution is 2.23. The second-order valence-electron chi connectivity index (χ2n) is 5.67. The van der Waals surface area contributed by atoms with Crippen molar-refractivity contribution in [3.63, 3.8) is 0 Å². The Morgan fingerprint density at radius 3 is 2.41 bits per heavy atom. The van der Waals surface area contributed by atoms with E-state index in [-0.39, 0.29) is 17.0 Å². The van der Waals surface area contributed by atoms with Gasteiger partial charge in [-0.2, -0.15) is 0 Å². The fraction of sp³-hybridized carbons (Fsp3) is 0. The summed E-state index contributed by atoms with van der Waals surface area (Å²) in [5, 5.41) is 6.34. The number of anilines is 1. The summed E-state index contributed by atoms with van der Waals surface area (Å²) in [6.07, 6.45) is 3.01. The van der Waals surface area contributed by atoms with Crippen molar-refractivity contribution in [2.24, 2.45) is 0 Å². The molecule has 1 N–H and O–H groups in total. The van der Waals surface area contributed by atoms with Crippen molar-refractivity contribution in [1.29, 1.82) is 0 Å². The van der Waals surface area contributed by atoms with Crippen LogP contribution in [0.5, 0.6) is 0 Å². The summed E-state index contributed by atoms with van der Waals surface area (Å²) in [5.74, 6) is -0.228. The molecule has 4 aromatic rings. The molecule has 0 spiro atoms. The lowest BCUT2D eigenvalue weighted by atomic mass is 10.1. The molecule has 7 heteroatoms. The number of aromatic nitrogens is 3. The smallest absolute Gasteiger partial charge is 0.277 e. The number of nitrogens with zero attached hydrogens (tertiary/aromatic N) is 3. The Morgan fingerprint density at radius 1 is 0.963 bits per heavy atom. The van der Waals surface area contributed by atoms with Crippen LogP contribution in [0.1, 0.15) is 10.5 Å². The van der Waals surface area contributed by atoms with Crippen LogP contribution in [0.2, 0.25) is 0 Å². The molecule has 6 nitrogen and oxygen atoms in total. The number of carbonyl (C=O) groups excluding carboxylic acids is 1. The molecule has 0 aliphatic carbocycles. The molecule has 0 fully saturated rings. The van der Waals surface area contributed by atoms with Gasteiger partial charge in [-0.25, -0.2) is 14.4 Å². The number of rotatable bonds is 4. The Balaban J connectivity index is 1.49. The highest BCUT2D eigenvalue weighted by Gasteiger charge is 2.16. The van der Waals surface area contributed by atoms with Crippen LogP contribution in [0.4, 0.5) is 10.1 Å². The normalized spacial score (nSPS) is 10.6. The molecule has 0 unspecified atom stereocenters. The monoisotopic (exact) mass is 360 g/mol. The highest BCUT2D eigenvalue weighted by molar-refractivity contribution is 6.03. The first-order valence-corrected chi connectivity index (χ1v) is 8.11. The standard InChI is InChI=1S/C20H13FN4O2/c21-16-9-5-4-8-15(16)18-10-17(25-27-18)20(26)24-14-11-22-19(23-12-14)13-6-2-1-3-7-13/h1-12H,(H,24,26). The molecule has 1 amide bonds. The summed E-state index contributed by atoms with van der Waals surface area (Å²) in [7, 11) is 0. The van der Waals surface area contributed by atoms with Gasteiger partial charge in [0.05, 0.1) is 23.6 Å². The molecule has 4 rings (SSSR count). The topological polar surface area (TPSA) is 80.9 Å². The Morgan fingerprint density at radius 2 is 1.67 bits per heavy atom. The predicted octanol–water partition coefficient (Wildman–Crippen LogP) is 4.19. The maximum atomic E-state index is 13.8. The van der Waals surface area contributed by atoms with E-state index >= 15 is 0 Å². The van der Waals surface area contributed by atoms with Gasteiger partial charge in [0.15, 0.2) is 17.3 Å². The van der Waals surface area contributed by atoms with Gasteiger partial charge >= 0.3 is 0 Å². The van der Waals surface area contributed by atoms with Crippen LogP contribution in [-0.4, -0.2) is 21.0 Å². The van der Waals surface area contributed by atoms with Gasteiger partial charge in [-0.3, -0.25) is 4.79 Å². The lowest BCUT2D eigenvalue weighted by Crippen LogP contribution is -2.12. The third kappa shape index (κ3) is 3.57. The molecule has 2 aromatic carbocycles. The van der Waals surface area contributed by atoms with Crippen LogP contribution in [0, 0.1) is 5.82 Å². The Hall–Kier alpha value is -3.87. The second kappa shape index (κ2) is 7.17. The summed E-state index contributed by atoms with van der Waals surface area (Å²) in [6.45, 7) is 0. The molecule has 2 aromatic heterocycles. The van der Waals surface area contributed by atoms with Gasteiger partial charge in [0.1, 0.15) is 5.82 Å². The average molecular weight is 360 g/mol. The lowest BCUT2D eigenvalue weighted by molar-refractivity contribution is 0.101. The number of hydrogen-bond acceptors (Lipinski definition) is 5. The van der Waals surface area contributed by atoms with E-state index in [9.17, 15) is 9.18 Å². The van der Waals surface area contributed by atoms with Gasteiger partial charge in [0.2, 0.25) is 0 Å². The molecular formula is C20H13FN4O2. The van der Waals surface area contributed by atoms with E-state index in [0.717, 1.165) is 5.56 Å². The predicted molar refractivity (Wildman–Crippen MR) is 97.3 cm³/mol. The fourth-order valence-corrected chi connectivity index (χ4v) is 2.49. The van der Waals surface area contributed by atoms with E-state index in [2.05, 4.69) is 20.4 Å². The average Bonchev–Trinajstić information content (AvgIpc) is 3.20. The molecule has 0 radical (unpaired) electrons. The first kappa shape index (κ1) is 16.6. The van der Waals surface area contributed by atoms with E-state index in [1.165, 1.54) is 24.5 Å². The number of carbonyl (C=O) groups is 1. The number of amides is 1. The molecular weight excluding hydrogens is 347 g/mol. The largest absolute Gasteiger partial charge is 0.355 e. The van der Waals surface area contributed by atoms with Crippen molar-refractivity contribution < 1.29 is 13.7 Å². The minimum absolute atomic E-state index is 0.0281. The molecule has 0 aliphatic heterocycles. The summed E-state index contributed by atoms with van der Waals surface area (Å²) < 4.78 is 18.9. The van der Waals surface area contributed by atoms with E-state index in [4.69, 9.17) is 4.52 Å². The van der Waals surface area contributed by atoms with Crippen LogP contribution >= 0.6 is 0 Å². The number of hydrogen-bond donors (Lipinski definition) is 1. The van der Waals surface area contributed by atoms with Crippen molar-refractivity contribution in [3.05, 3.63) is 84.6 Å². The van der Waals surface area contributed by atoms with E-state index in [0.29, 0.717) is 11.5 Å². The van der Waals surface area contributed by atoms with Crippen LogP contribution in [-0.2, 0) is 0 Å². The zero-order valence-corrected chi connectivity index (χ0v) is 14.0. The Labute approximate surface area is 153 Å². The molecule has 132 valence electrons. The van der Waals surface area contributed by atoms with Gasteiger partial charge in [0.25, 0.3) is 5.91 Å². The van der Waals surface area contributed by atoms with Gasteiger partial charge in [-0.05, 0) is 12.1 Å². The van der Waals surface area contributed by atoms with Crippen molar-refractivity contribution in [3.8, 4) is 22.7 Å². The van der Waals surface area contributed by atoms with Crippen LogP contribution in [0.3, 0.4) is 0 Å². The van der Waals surface area contributed by atoms with Crippen LogP contribution in [0.25, 0.3) is 22.7 Å². The van der Waals surface area contributed by atoms with E-state index < -0.39 is 11.7 Å². The maximum absolute atomic E-state index is 13.8. The van der Waals surface area contributed by atoms with Crippen molar-refractivity contribution in [2.45, 2.75) is 0 Å². The van der Waals surface area contributed by atoms with Gasteiger partial charge < -0.3 is 9.84 Å². The number of halogens is 1. The Bertz CT molecular complexity index is 1080. The fourth-order valence-electron chi connectivity index (χ4n) is 2.49. The van der Waals surface area contributed by atoms with Crippen LogP contribution in [0.15, 0.2) is 77.6 Å². The van der Waals surface area contributed by atoms with Crippen molar-refractivity contribution in [1.82, 2.24) is 15.1 Å². The van der Waals surface area contributed by atoms with Gasteiger partial charge in [-0.1, -0.05) is 47.6 Å². The number of benzene rings is 2. The quantitative estimate of drug-likeness (QED) is 0.590. The Kier molecular flexibility index (Phi) is 4.40. The van der Waals surface area contributed by atoms with Crippen molar-refractivity contribution in [2.75, 3.05) is 5.32 Å². The first-order valence-electron chi connectivity index (χ1n) is 8.11. The molecule has 27 heavy (non-hydrogen) atoms. The molecule has 0 saturated heterocycles. The maximum Gasteiger partial charge on any atom is 0.277 e. The van der Waals surface area contributed by atoms with Gasteiger partial charge in [-0.15, -0.1) is 0 Å². The molecule has 0 saturated carbocycles. The minimum atomic E-state index is -0.502. The van der Waals surface area contributed by atoms with E-state index in [1.54, 1.807) is 18.2 Å². The number of nitrogens with one attached hydrogen (secondary N) is 1.